The first-order valence-electron chi connectivity index (χ1n) is 4.26. The summed E-state index contributed by atoms with van der Waals surface area (Å²) in [4.78, 5) is 5.13. The van der Waals surface area contributed by atoms with Crippen molar-refractivity contribution in [3.05, 3.63) is 0 Å². The first-order chi connectivity index (χ1) is 4.91. The van der Waals surface area contributed by atoms with Crippen LogP contribution in [0.15, 0.2) is 0 Å². The minimum atomic E-state index is 0.847. The van der Waals surface area contributed by atoms with Crippen LogP contribution in [0.1, 0.15) is 39.5 Å². The van der Waals surface area contributed by atoms with Gasteiger partial charge in [0.05, 0.1) is 6.61 Å². The Balaban J connectivity index is 2.65. The van der Waals surface area contributed by atoms with E-state index in [2.05, 4.69) is 19.3 Å². The molecule has 0 fully saturated rings. The van der Waals surface area contributed by atoms with Crippen LogP contribution in [0.5, 0.6) is 0 Å². The fraction of sp³-hybridized carbons (Fsp3) is 1.00. The largest absolute Gasteiger partial charge is 0.302 e. The third kappa shape index (κ3) is 7.92. The molecule has 0 atom stereocenters. The summed E-state index contributed by atoms with van der Waals surface area (Å²) in [5.74, 6) is 0. The van der Waals surface area contributed by atoms with Gasteiger partial charge in [-0.05, 0) is 12.8 Å². The van der Waals surface area contributed by atoms with Gasteiger partial charge in [0.1, 0.15) is 0 Å². The molecule has 2 nitrogen and oxygen atoms in total. The van der Waals surface area contributed by atoms with E-state index >= 15 is 0 Å². The number of nitrogens with one attached hydrogen (secondary N) is 1. The van der Waals surface area contributed by atoms with Gasteiger partial charge in [0, 0.05) is 6.54 Å². The van der Waals surface area contributed by atoms with Crippen molar-refractivity contribution in [1.29, 1.82) is 0 Å². The summed E-state index contributed by atoms with van der Waals surface area (Å²) in [5.41, 5.74) is 2.92. The second kappa shape index (κ2) is 8.92. The van der Waals surface area contributed by atoms with Crippen LogP contribution < -0.4 is 5.48 Å². The number of hydroxylamine groups is 1. The molecule has 2 heteroatoms. The minimum Gasteiger partial charge on any atom is -0.302 e. The summed E-state index contributed by atoms with van der Waals surface area (Å²) >= 11 is 0. The molecule has 0 bridgehead atoms. The van der Waals surface area contributed by atoms with Gasteiger partial charge in [0.15, 0.2) is 0 Å². The van der Waals surface area contributed by atoms with E-state index in [0.717, 1.165) is 19.6 Å². The number of hydrogen-bond donors (Lipinski definition) is 1. The Morgan fingerprint density at radius 1 is 1.10 bits per heavy atom. The zero-order valence-corrected chi connectivity index (χ0v) is 7.15. The Bertz CT molecular complexity index is 49.2. The van der Waals surface area contributed by atoms with Crippen molar-refractivity contribution in [2.45, 2.75) is 39.5 Å². The van der Waals surface area contributed by atoms with Gasteiger partial charge in [-0.25, -0.2) is 5.48 Å². The fourth-order valence-corrected chi connectivity index (χ4v) is 0.610. The molecule has 62 valence electrons. The SMILES string of the molecule is CCCCNOCCCC. The summed E-state index contributed by atoms with van der Waals surface area (Å²) in [6, 6.07) is 0. The average Bonchev–Trinajstić information content (AvgIpc) is 1.97. The lowest BCUT2D eigenvalue weighted by atomic mass is 10.3. The monoisotopic (exact) mass is 145 g/mol. The predicted octanol–water partition coefficient (Wildman–Crippen LogP) is 2.11. The molecule has 0 aliphatic carbocycles. The van der Waals surface area contributed by atoms with Gasteiger partial charge < -0.3 is 4.84 Å². The van der Waals surface area contributed by atoms with Gasteiger partial charge >= 0.3 is 0 Å². The normalized spacial score (nSPS) is 10.2. The van der Waals surface area contributed by atoms with E-state index in [1.165, 1.54) is 19.3 Å². The van der Waals surface area contributed by atoms with Gasteiger partial charge in [-0.3, -0.25) is 0 Å². The Labute approximate surface area is 63.9 Å². The molecule has 0 aromatic heterocycles. The number of rotatable bonds is 7. The fourth-order valence-electron chi connectivity index (χ4n) is 0.610. The van der Waals surface area contributed by atoms with Crippen LogP contribution in [0.3, 0.4) is 0 Å². The van der Waals surface area contributed by atoms with Crippen molar-refractivity contribution in [2.24, 2.45) is 0 Å². The average molecular weight is 145 g/mol. The predicted molar refractivity (Wildman–Crippen MR) is 43.8 cm³/mol. The highest BCUT2D eigenvalue weighted by atomic mass is 16.6. The summed E-state index contributed by atoms with van der Waals surface area (Å²) in [6.45, 7) is 6.17. The molecule has 0 radical (unpaired) electrons. The molecule has 0 saturated carbocycles. The quantitative estimate of drug-likeness (QED) is 0.437. The Morgan fingerprint density at radius 3 is 2.40 bits per heavy atom. The molecule has 0 rings (SSSR count). The molecule has 0 aliphatic rings. The van der Waals surface area contributed by atoms with Gasteiger partial charge in [-0.15, -0.1) is 0 Å². The lowest BCUT2D eigenvalue weighted by Crippen LogP contribution is -2.16. The molecular weight excluding hydrogens is 126 g/mol. The van der Waals surface area contributed by atoms with Crippen LogP contribution in [0.25, 0.3) is 0 Å². The minimum absolute atomic E-state index is 0.847. The molecule has 10 heavy (non-hydrogen) atoms. The van der Waals surface area contributed by atoms with Gasteiger partial charge in [-0.1, -0.05) is 26.7 Å². The standard InChI is InChI=1S/C8H19NO/c1-3-5-7-9-10-8-6-4-2/h9H,3-8H2,1-2H3. The second-order valence-corrected chi connectivity index (χ2v) is 2.45. The molecule has 0 aromatic rings. The highest BCUT2D eigenvalue weighted by Crippen LogP contribution is 1.86. The number of unbranched alkanes of at least 4 members (excludes halogenated alkanes) is 2. The summed E-state index contributed by atoms with van der Waals surface area (Å²) in [6.07, 6.45) is 4.78. The molecule has 0 amide bonds. The highest BCUT2D eigenvalue weighted by Gasteiger charge is 1.84. The maximum absolute atomic E-state index is 5.13. The van der Waals surface area contributed by atoms with E-state index in [1.54, 1.807) is 0 Å². The van der Waals surface area contributed by atoms with Crippen molar-refractivity contribution >= 4 is 0 Å². The Morgan fingerprint density at radius 2 is 1.80 bits per heavy atom. The first-order valence-corrected chi connectivity index (χ1v) is 4.26. The molecule has 0 aliphatic heterocycles. The van der Waals surface area contributed by atoms with E-state index in [4.69, 9.17) is 4.84 Å². The summed E-state index contributed by atoms with van der Waals surface area (Å²) in [5, 5.41) is 0. The van der Waals surface area contributed by atoms with Crippen molar-refractivity contribution in [2.75, 3.05) is 13.2 Å². The van der Waals surface area contributed by atoms with E-state index in [1.807, 2.05) is 0 Å². The third-order valence-corrected chi connectivity index (χ3v) is 1.33. The molecule has 0 spiro atoms. The molecule has 0 unspecified atom stereocenters. The van der Waals surface area contributed by atoms with Gasteiger partial charge in [0.2, 0.25) is 0 Å². The van der Waals surface area contributed by atoms with Crippen LogP contribution in [0.2, 0.25) is 0 Å². The third-order valence-electron chi connectivity index (χ3n) is 1.33. The summed E-state index contributed by atoms with van der Waals surface area (Å²) in [7, 11) is 0. The molecule has 1 N–H and O–H groups in total. The Kier molecular flexibility index (Phi) is 8.85. The van der Waals surface area contributed by atoms with Crippen LogP contribution in [0.4, 0.5) is 0 Å². The topological polar surface area (TPSA) is 21.3 Å². The summed E-state index contributed by atoms with van der Waals surface area (Å²) < 4.78 is 0. The molecule has 0 aromatic carbocycles. The maximum Gasteiger partial charge on any atom is 0.0682 e. The lowest BCUT2D eigenvalue weighted by Gasteiger charge is -2.02. The van der Waals surface area contributed by atoms with Crippen LogP contribution in [-0.4, -0.2) is 13.2 Å². The lowest BCUT2D eigenvalue weighted by molar-refractivity contribution is 0.0387. The zero-order valence-electron chi connectivity index (χ0n) is 7.15. The second-order valence-electron chi connectivity index (χ2n) is 2.45. The van der Waals surface area contributed by atoms with E-state index in [0.29, 0.717) is 0 Å². The van der Waals surface area contributed by atoms with E-state index < -0.39 is 0 Å². The van der Waals surface area contributed by atoms with Crippen molar-refractivity contribution in [1.82, 2.24) is 5.48 Å². The van der Waals surface area contributed by atoms with E-state index in [9.17, 15) is 0 Å². The van der Waals surface area contributed by atoms with Gasteiger partial charge in [0.25, 0.3) is 0 Å². The maximum atomic E-state index is 5.13. The molecular formula is C8H19NO. The van der Waals surface area contributed by atoms with Crippen molar-refractivity contribution in [3.63, 3.8) is 0 Å². The first kappa shape index (κ1) is 9.92. The van der Waals surface area contributed by atoms with Crippen LogP contribution in [0, 0.1) is 0 Å². The van der Waals surface area contributed by atoms with Gasteiger partial charge in [-0.2, -0.15) is 0 Å². The van der Waals surface area contributed by atoms with Crippen LogP contribution in [-0.2, 0) is 4.84 Å². The molecule has 0 saturated heterocycles. The zero-order chi connectivity index (χ0) is 7.66. The van der Waals surface area contributed by atoms with Crippen molar-refractivity contribution in [3.8, 4) is 0 Å². The number of hydrogen-bond acceptors (Lipinski definition) is 2. The van der Waals surface area contributed by atoms with E-state index in [-0.39, 0.29) is 0 Å². The Hall–Kier alpha value is -0.0800. The van der Waals surface area contributed by atoms with Crippen LogP contribution >= 0.6 is 0 Å². The smallest absolute Gasteiger partial charge is 0.0682 e. The highest BCUT2D eigenvalue weighted by molar-refractivity contribution is 4.34. The molecule has 0 heterocycles. The van der Waals surface area contributed by atoms with Crippen molar-refractivity contribution < 1.29 is 4.84 Å².